The molecule has 1 saturated heterocycles. The summed E-state index contributed by atoms with van der Waals surface area (Å²) in [5, 5.41) is 13.1. The molecule has 7 nitrogen and oxygen atoms in total. The van der Waals surface area contributed by atoms with E-state index in [0.29, 0.717) is 36.0 Å². The number of aromatic nitrogens is 2. The third-order valence-corrected chi connectivity index (χ3v) is 5.37. The summed E-state index contributed by atoms with van der Waals surface area (Å²) in [6.45, 7) is 4.11. The zero-order chi connectivity index (χ0) is 18.0. The van der Waals surface area contributed by atoms with Crippen LogP contribution in [-0.4, -0.2) is 45.1 Å². The number of carbonyl (C=O) groups excluding carboxylic acids is 1. The highest BCUT2D eigenvalue weighted by atomic mass is 32.2. The number of hydrogen-bond donors (Lipinski definition) is 1. The number of hydrogen-bond acceptors (Lipinski definition) is 6. The van der Waals surface area contributed by atoms with Crippen LogP contribution in [0.2, 0.25) is 0 Å². The standard InChI is InChI=1S/C17H19N3O4S/c1-11-18-14(24-19-11)9-25-13-6-4-3-5-12(13)15(21)20-8-7-17(2,10-20)16(22)23/h3-6H,7-10H2,1-2H3,(H,22,23). The summed E-state index contributed by atoms with van der Waals surface area (Å²) in [6.07, 6.45) is 0.463. The summed E-state index contributed by atoms with van der Waals surface area (Å²) in [4.78, 5) is 30.8. The lowest BCUT2D eigenvalue weighted by molar-refractivity contribution is -0.147. The van der Waals surface area contributed by atoms with Crippen molar-refractivity contribution in [3.8, 4) is 0 Å². The van der Waals surface area contributed by atoms with Crippen LogP contribution in [0.1, 0.15) is 35.4 Å². The molecule has 132 valence electrons. The largest absolute Gasteiger partial charge is 0.481 e. The number of benzene rings is 1. The van der Waals surface area contributed by atoms with Crippen molar-refractivity contribution >= 4 is 23.6 Å². The van der Waals surface area contributed by atoms with Gasteiger partial charge < -0.3 is 14.5 Å². The highest BCUT2D eigenvalue weighted by Crippen LogP contribution is 2.33. The lowest BCUT2D eigenvalue weighted by atomic mass is 9.90. The van der Waals surface area contributed by atoms with Gasteiger partial charge in [-0.2, -0.15) is 4.98 Å². The van der Waals surface area contributed by atoms with Gasteiger partial charge in [0, 0.05) is 18.0 Å². The quantitative estimate of drug-likeness (QED) is 0.818. The third-order valence-electron chi connectivity index (χ3n) is 4.32. The fourth-order valence-corrected chi connectivity index (χ4v) is 3.67. The Balaban J connectivity index is 1.74. The van der Waals surface area contributed by atoms with E-state index in [1.165, 1.54) is 11.8 Å². The number of aliphatic carboxylic acids is 1. The SMILES string of the molecule is Cc1noc(CSc2ccccc2C(=O)N2CCC(C)(C(=O)O)C2)n1. The van der Waals surface area contributed by atoms with E-state index < -0.39 is 11.4 Å². The molecule has 2 aromatic rings. The molecule has 2 heterocycles. The molecule has 0 saturated carbocycles. The van der Waals surface area contributed by atoms with Gasteiger partial charge in [0.15, 0.2) is 5.82 Å². The third kappa shape index (κ3) is 3.68. The van der Waals surface area contributed by atoms with Crippen molar-refractivity contribution in [1.82, 2.24) is 15.0 Å². The molecule has 3 rings (SSSR count). The number of carboxylic acids is 1. The van der Waals surface area contributed by atoms with Crippen molar-refractivity contribution in [2.24, 2.45) is 5.41 Å². The summed E-state index contributed by atoms with van der Waals surface area (Å²) in [5.74, 6) is 0.541. The molecule has 1 aromatic heterocycles. The van der Waals surface area contributed by atoms with Gasteiger partial charge in [0.2, 0.25) is 5.89 Å². The van der Waals surface area contributed by atoms with Crippen LogP contribution in [0.4, 0.5) is 0 Å². The monoisotopic (exact) mass is 361 g/mol. The maximum Gasteiger partial charge on any atom is 0.311 e. The maximum atomic E-state index is 12.9. The van der Waals surface area contributed by atoms with Gasteiger partial charge in [-0.05, 0) is 32.4 Å². The molecule has 1 aromatic carbocycles. The maximum absolute atomic E-state index is 12.9. The molecular weight excluding hydrogens is 342 g/mol. The van der Waals surface area contributed by atoms with Crippen LogP contribution < -0.4 is 0 Å². The summed E-state index contributed by atoms with van der Waals surface area (Å²) in [5.41, 5.74) is -0.308. The average Bonchev–Trinajstić information content (AvgIpc) is 3.19. The predicted octanol–water partition coefficient (Wildman–Crippen LogP) is 2.61. The molecule has 0 spiro atoms. The molecule has 1 fully saturated rings. The number of carbonyl (C=O) groups is 2. The fourth-order valence-electron chi connectivity index (χ4n) is 2.79. The predicted molar refractivity (Wildman–Crippen MR) is 91.3 cm³/mol. The Morgan fingerprint density at radius 2 is 2.16 bits per heavy atom. The number of thioether (sulfide) groups is 1. The van der Waals surface area contributed by atoms with Crippen LogP contribution in [0.15, 0.2) is 33.7 Å². The molecule has 0 bridgehead atoms. The molecule has 1 atom stereocenters. The Bertz CT molecular complexity index is 807. The number of aryl methyl sites for hydroxylation is 1. The minimum atomic E-state index is -0.876. The topological polar surface area (TPSA) is 96.5 Å². The number of carboxylic acid groups (broad SMARTS) is 1. The minimum Gasteiger partial charge on any atom is -0.481 e. The molecule has 0 radical (unpaired) electrons. The van der Waals surface area contributed by atoms with Crippen LogP contribution in [-0.2, 0) is 10.5 Å². The van der Waals surface area contributed by atoms with Crippen LogP contribution in [0.25, 0.3) is 0 Å². The number of rotatable bonds is 5. The molecule has 1 aliphatic rings. The van der Waals surface area contributed by atoms with Gasteiger partial charge in [0.05, 0.1) is 16.7 Å². The van der Waals surface area contributed by atoms with E-state index in [2.05, 4.69) is 10.1 Å². The van der Waals surface area contributed by atoms with E-state index in [0.717, 1.165) is 4.90 Å². The molecule has 1 unspecified atom stereocenters. The van der Waals surface area contributed by atoms with Crippen LogP contribution >= 0.6 is 11.8 Å². The van der Waals surface area contributed by atoms with Gasteiger partial charge in [-0.15, -0.1) is 11.8 Å². The zero-order valence-electron chi connectivity index (χ0n) is 14.1. The van der Waals surface area contributed by atoms with E-state index >= 15 is 0 Å². The summed E-state index contributed by atoms with van der Waals surface area (Å²) in [6, 6.07) is 7.30. The van der Waals surface area contributed by atoms with Crippen molar-refractivity contribution in [3.05, 3.63) is 41.5 Å². The normalized spacial score (nSPS) is 20.0. The van der Waals surface area contributed by atoms with Gasteiger partial charge in [-0.3, -0.25) is 9.59 Å². The van der Waals surface area contributed by atoms with Crippen LogP contribution in [0, 0.1) is 12.3 Å². The molecule has 25 heavy (non-hydrogen) atoms. The Morgan fingerprint density at radius 3 is 2.80 bits per heavy atom. The van der Waals surface area contributed by atoms with E-state index in [9.17, 15) is 14.7 Å². The number of amides is 1. The first kappa shape index (κ1) is 17.5. The molecule has 1 amide bonds. The van der Waals surface area contributed by atoms with Gasteiger partial charge >= 0.3 is 5.97 Å². The smallest absolute Gasteiger partial charge is 0.311 e. The van der Waals surface area contributed by atoms with Crippen molar-refractivity contribution in [2.75, 3.05) is 13.1 Å². The first-order chi connectivity index (χ1) is 11.9. The molecule has 1 N–H and O–H groups in total. The molecule has 0 aliphatic carbocycles. The Morgan fingerprint density at radius 1 is 1.40 bits per heavy atom. The van der Waals surface area contributed by atoms with Gasteiger partial charge in [-0.1, -0.05) is 17.3 Å². The lowest BCUT2D eigenvalue weighted by Gasteiger charge is -2.21. The average molecular weight is 361 g/mol. The highest BCUT2D eigenvalue weighted by molar-refractivity contribution is 7.98. The van der Waals surface area contributed by atoms with E-state index in [1.807, 2.05) is 12.1 Å². The van der Waals surface area contributed by atoms with E-state index in [4.69, 9.17) is 4.52 Å². The minimum absolute atomic E-state index is 0.144. The van der Waals surface area contributed by atoms with Crippen molar-refractivity contribution < 1.29 is 19.2 Å². The second-order valence-electron chi connectivity index (χ2n) is 6.36. The zero-order valence-corrected chi connectivity index (χ0v) is 14.9. The van der Waals surface area contributed by atoms with E-state index in [1.54, 1.807) is 30.9 Å². The molecule has 8 heteroatoms. The summed E-state index contributed by atoms with van der Waals surface area (Å²) < 4.78 is 5.10. The second-order valence-corrected chi connectivity index (χ2v) is 7.38. The first-order valence-corrected chi connectivity index (χ1v) is 8.91. The Labute approximate surface area is 149 Å². The van der Waals surface area contributed by atoms with Crippen molar-refractivity contribution in [2.45, 2.75) is 30.9 Å². The van der Waals surface area contributed by atoms with Crippen LogP contribution in [0.5, 0.6) is 0 Å². The highest BCUT2D eigenvalue weighted by Gasteiger charge is 2.42. The number of nitrogens with zero attached hydrogens (tertiary/aromatic N) is 3. The van der Waals surface area contributed by atoms with Gasteiger partial charge in [-0.25, -0.2) is 0 Å². The van der Waals surface area contributed by atoms with Crippen molar-refractivity contribution in [1.29, 1.82) is 0 Å². The Hall–Kier alpha value is -2.35. The second kappa shape index (κ2) is 6.87. The van der Waals surface area contributed by atoms with Crippen molar-refractivity contribution in [3.63, 3.8) is 0 Å². The lowest BCUT2D eigenvalue weighted by Crippen LogP contribution is -2.35. The van der Waals surface area contributed by atoms with Gasteiger partial charge in [0.25, 0.3) is 5.91 Å². The fraction of sp³-hybridized carbons (Fsp3) is 0.412. The molecular formula is C17H19N3O4S. The Kier molecular flexibility index (Phi) is 4.80. The van der Waals surface area contributed by atoms with Crippen LogP contribution in [0.3, 0.4) is 0 Å². The van der Waals surface area contributed by atoms with E-state index in [-0.39, 0.29) is 12.5 Å². The van der Waals surface area contributed by atoms with Gasteiger partial charge in [0.1, 0.15) is 0 Å². The number of likely N-dealkylation sites (tertiary alicyclic amines) is 1. The molecule has 1 aliphatic heterocycles. The summed E-state index contributed by atoms with van der Waals surface area (Å²) in [7, 11) is 0. The summed E-state index contributed by atoms with van der Waals surface area (Å²) >= 11 is 1.45. The first-order valence-electron chi connectivity index (χ1n) is 7.93.